The highest BCUT2D eigenvalue weighted by molar-refractivity contribution is 5.89. The fraction of sp³-hybridized carbons (Fsp3) is 0.526. The molecule has 1 heterocycles. The molecule has 1 aromatic carbocycles. The SMILES string of the molecule is CCCC(NC(=O)Cc1ccccc1)C(=O)N1CCC(C(=O)O)C1C. The summed E-state index contributed by atoms with van der Waals surface area (Å²) >= 11 is 0. The van der Waals surface area contributed by atoms with E-state index in [2.05, 4.69) is 5.32 Å². The number of carbonyl (C=O) groups excluding carboxylic acids is 2. The van der Waals surface area contributed by atoms with E-state index in [0.717, 1.165) is 12.0 Å². The van der Waals surface area contributed by atoms with Gasteiger partial charge in [-0.1, -0.05) is 43.7 Å². The molecule has 6 heteroatoms. The molecule has 2 N–H and O–H groups in total. The van der Waals surface area contributed by atoms with E-state index in [0.29, 0.717) is 19.4 Å². The minimum Gasteiger partial charge on any atom is -0.481 e. The standard InChI is InChI=1S/C19H26N2O4/c1-3-7-16(20-17(22)12-14-8-5-4-6-9-14)18(23)21-11-10-15(13(21)2)19(24)25/h4-6,8-9,13,15-16H,3,7,10-12H2,1-2H3,(H,20,22)(H,24,25). The van der Waals surface area contributed by atoms with E-state index in [-0.39, 0.29) is 24.3 Å². The molecule has 1 aromatic rings. The largest absolute Gasteiger partial charge is 0.481 e. The van der Waals surface area contributed by atoms with Crippen LogP contribution in [0.4, 0.5) is 0 Å². The van der Waals surface area contributed by atoms with Crippen LogP contribution >= 0.6 is 0 Å². The minimum atomic E-state index is -0.872. The van der Waals surface area contributed by atoms with Crippen molar-refractivity contribution in [2.75, 3.05) is 6.54 Å². The van der Waals surface area contributed by atoms with Gasteiger partial charge in [-0.05, 0) is 25.3 Å². The van der Waals surface area contributed by atoms with E-state index in [1.54, 1.807) is 11.8 Å². The van der Waals surface area contributed by atoms with Gasteiger partial charge >= 0.3 is 5.97 Å². The Labute approximate surface area is 148 Å². The van der Waals surface area contributed by atoms with Crippen molar-refractivity contribution in [3.8, 4) is 0 Å². The molecule has 25 heavy (non-hydrogen) atoms. The summed E-state index contributed by atoms with van der Waals surface area (Å²) in [6.45, 7) is 4.14. The number of rotatable bonds is 7. The van der Waals surface area contributed by atoms with Crippen molar-refractivity contribution < 1.29 is 19.5 Å². The number of hydrogen-bond donors (Lipinski definition) is 2. The second-order valence-corrected chi connectivity index (χ2v) is 6.58. The second-order valence-electron chi connectivity index (χ2n) is 6.58. The van der Waals surface area contributed by atoms with E-state index in [1.807, 2.05) is 37.3 Å². The van der Waals surface area contributed by atoms with Gasteiger partial charge in [0.25, 0.3) is 0 Å². The molecule has 1 saturated heterocycles. The highest BCUT2D eigenvalue weighted by atomic mass is 16.4. The number of likely N-dealkylation sites (tertiary alicyclic amines) is 1. The van der Waals surface area contributed by atoms with Gasteiger partial charge in [0.1, 0.15) is 6.04 Å². The molecule has 0 saturated carbocycles. The number of nitrogens with zero attached hydrogens (tertiary/aromatic N) is 1. The Morgan fingerprint density at radius 2 is 1.96 bits per heavy atom. The average Bonchev–Trinajstić information content (AvgIpc) is 2.96. The predicted octanol–water partition coefficient (Wildman–Crippen LogP) is 1.84. The van der Waals surface area contributed by atoms with Crippen LogP contribution in [0.5, 0.6) is 0 Å². The van der Waals surface area contributed by atoms with E-state index >= 15 is 0 Å². The van der Waals surface area contributed by atoms with Gasteiger partial charge in [0.05, 0.1) is 12.3 Å². The average molecular weight is 346 g/mol. The molecule has 3 unspecified atom stereocenters. The molecule has 2 amide bonds. The zero-order valence-corrected chi connectivity index (χ0v) is 14.8. The Hall–Kier alpha value is -2.37. The summed E-state index contributed by atoms with van der Waals surface area (Å²) in [5, 5.41) is 12.1. The van der Waals surface area contributed by atoms with Crippen molar-refractivity contribution in [1.29, 1.82) is 0 Å². The number of nitrogens with one attached hydrogen (secondary N) is 1. The quantitative estimate of drug-likeness (QED) is 0.789. The van der Waals surface area contributed by atoms with Crippen LogP contribution in [0, 0.1) is 5.92 Å². The van der Waals surface area contributed by atoms with E-state index in [1.165, 1.54) is 0 Å². The van der Waals surface area contributed by atoms with Crippen LogP contribution in [-0.2, 0) is 20.8 Å². The molecular weight excluding hydrogens is 320 g/mol. The lowest BCUT2D eigenvalue weighted by Gasteiger charge is -2.28. The van der Waals surface area contributed by atoms with E-state index < -0.39 is 17.9 Å². The summed E-state index contributed by atoms with van der Waals surface area (Å²) in [6.07, 6.45) is 1.98. The molecule has 6 nitrogen and oxygen atoms in total. The number of carboxylic acids is 1. The van der Waals surface area contributed by atoms with Crippen LogP contribution in [-0.4, -0.2) is 46.4 Å². The fourth-order valence-electron chi connectivity index (χ4n) is 3.35. The lowest BCUT2D eigenvalue weighted by atomic mass is 10.0. The van der Waals surface area contributed by atoms with Gasteiger partial charge < -0.3 is 15.3 Å². The van der Waals surface area contributed by atoms with Crippen LogP contribution in [0.2, 0.25) is 0 Å². The van der Waals surface area contributed by atoms with Crippen molar-refractivity contribution in [3.05, 3.63) is 35.9 Å². The third-order valence-electron chi connectivity index (χ3n) is 4.77. The molecule has 0 radical (unpaired) electrons. The number of amides is 2. The Morgan fingerprint density at radius 3 is 2.52 bits per heavy atom. The zero-order chi connectivity index (χ0) is 18.4. The molecular formula is C19H26N2O4. The Kier molecular flexibility index (Phi) is 6.56. The molecule has 1 fully saturated rings. The normalized spacial score (nSPS) is 21.0. The Bertz CT molecular complexity index is 617. The third-order valence-corrected chi connectivity index (χ3v) is 4.77. The number of benzene rings is 1. The first-order valence-electron chi connectivity index (χ1n) is 8.80. The summed E-state index contributed by atoms with van der Waals surface area (Å²) in [5.41, 5.74) is 0.892. The van der Waals surface area contributed by atoms with Crippen LogP contribution in [0.3, 0.4) is 0 Å². The first kappa shape index (κ1) is 19.0. The predicted molar refractivity (Wildman–Crippen MR) is 93.9 cm³/mol. The van der Waals surface area contributed by atoms with Gasteiger partial charge in [-0.2, -0.15) is 0 Å². The first-order valence-corrected chi connectivity index (χ1v) is 8.80. The summed E-state index contributed by atoms with van der Waals surface area (Å²) in [6, 6.07) is 8.42. The van der Waals surface area contributed by atoms with Crippen LogP contribution in [0.25, 0.3) is 0 Å². The van der Waals surface area contributed by atoms with Crippen molar-refractivity contribution in [1.82, 2.24) is 10.2 Å². The van der Waals surface area contributed by atoms with E-state index in [9.17, 15) is 19.5 Å². The van der Waals surface area contributed by atoms with Gasteiger partial charge in [0, 0.05) is 12.6 Å². The zero-order valence-electron chi connectivity index (χ0n) is 14.8. The van der Waals surface area contributed by atoms with Crippen molar-refractivity contribution in [2.24, 2.45) is 5.92 Å². The third kappa shape index (κ3) is 4.81. The summed E-state index contributed by atoms with van der Waals surface area (Å²) in [5.74, 6) is -1.78. The molecule has 1 aliphatic heterocycles. The van der Waals surface area contributed by atoms with E-state index in [4.69, 9.17) is 0 Å². The van der Waals surface area contributed by atoms with Crippen LogP contribution in [0.1, 0.15) is 38.7 Å². The molecule has 0 bridgehead atoms. The molecule has 2 rings (SSSR count). The maximum absolute atomic E-state index is 12.8. The van der Waals surface area contributed by atoms with Crippen molar-refractivity contribution >= 4 is 17.8 Å². The first-order chi connectivity index (χ1) is 11.9. The van der Waals surface area contributed by atoms with Crippen molar-refractivity contribution in [2.45, 2.75) is 51.6 Å². The molecule has 1 aliphatic rings. The van der Waals surface area contributed by atoms with Gasteiger partial charge in [0.15, 0.2) is 0 Å². The Balaban J connectivity index is 2.00. The second kappa shape index (κ2) is 8.65. The maximum atomic E-state index is 12.8. The molecule has 136 valence electrons. The number of carboxylic acid groups (broad SMARTS) is 1. The number of aliphatic carboxylic acids is 1. The topological polar surface area (TPSA) is 86.7 Å². The summed E-state index contributed by atoms with van der Waals surface area (Å²) in [7, 11) is 0. The van der Waals surface area contributed by atoms with Gasteiger partial charge in [0.2, 0.25) is 11.8 Å². The Morgan fingerprint density at radius 1 is 1.28 bits per heavy atom. The van der Waals surface area contributed by atoms with Gasteiger partial charge in [-0.25, -0.2) is 0 Å². The van der Waals surface area contributed by atoms with Crippen molar-refractivity contribution in [3.63, 3.8) is 0 Å². The molecule has 3 atom stereocenters. The summed E-state index contributed by atoms with van der Waals surface area (Å²) < 4.78 is 0. The van der Waals surface area contributed by atoms with Gasteiger partial charge in [-0.3, -0.25) is 14.4 Å². The monoisotopic (exact) mass is 346 g/mol. The number of hydrogen-bond acceptors (Lipinski definition) is 3. The van der Waals surface area contributed by atoms with Crippen LogP contribution in [0.15, 0.2) is 30.3 Å². The maximum Gasteiger partial charge on any atom is 0.308 e. The van der Waals surface area contributed by atoms with Gasteiger partial charge in [-0.15, -0.1) is 0 Å². The lowest BCUT2D eigenvalue weighted by molar-refractivity contribution is -0.143. The lowest BCUT2D eigenvalue weighted by Crippen LogP contribution is -2.50. The minimum absolute atomic E-state index is 0.181. The van der Waals surface area contributed by atoms with Crippen LogP contribution < -0.4 is 5.32 Å². The summed E-state index contributed by atoms with van der Waals surface area (Å²) in [4.78, 5) is 38.0. The fourth-order valence-corrected chi connectivity index (χ4v) is 3.35. The molecule has 0 aromatic heterocycles. The highest BCUT2D eigenvalue weighted by Crippen LogP contribution is 2.25. The molecule has 0 aliphatic carbocycles. The number of carbonyl (C=O) groups is 3. The smallest absolute Gasteiger partial charge is 0.308 e. The molecule has 0 spiro atoms. The highest BCUT2D eigenvalue weighted by Gasteiger charge is 2.40.